The SMILES string of the molecule is CC[C@H](C)C(=O)NC1CCN(c2ccccc2C(=O)N2CCCC2)CC1. The maximum Gasteiger partial charge on any atom is 0.255 e. The summed E-state index contributed by atoms with van der Waals surface area (Å²) in [5.74, 6) is 0.396. The molecule has 26 heavy (non-hydrogen) atoms. The third-order valence-electron chi connectivity index (χ3n) is 5.77. The Kier molecular flexibility index (Phi) is 6.17. The topological polar surface area (TPSA) is 52.7 Å². The van der Waals surface area contributed by atoms with E-state index in [4.69, 9.17) is 0 Å². The molecular formula is C21H31N3O2. The van der Waals surface area contributed by atoms with Crippen LogP contribution in [0.25, 0.3) is 0 Å². The van der Waals surface area contributed by atoms with Crippen LogP contribution < -0.4 is 10.2 Å². The Hall–Kier alpha value is -2.04. The number of anilines is 1. The maximum absolute atomic E-state index is 12.9. The van der Waals surface area contributed by atoms with Gasteiger partial charge in [-0.1, -0.05) is 26.0 Å². The van der Waals surface area contributed by atoms with Crippen molar-refractivity contribution in [3.05, 3.63) is 29.8 Å². The van der Waals surface area contributed by atoms with Gasteiger partial charge in [0.1, 0.15) is 0 Å². The highest BCUT2D eigenvalue weighted by atomic mass is 16.2. The van der Waals surface area contributed by atoms with Gasteiger partial charge in [-0.2, -0.15) is 0 Å². The van der Waals surface area contributed by atoms with Crippen LogP contribution in [-0.4, -0.2) is 48.9 Å². The zero-order chi connectivity index (χ0) is 18.5. The van der Waals surface area contributed by atoms with Crippen molar-refractivity contribution in [3.63, 3.8) is 0 Å². The van der Waals surface area contributed by atoms with Crippen LogP contribution in [0.1, 0.15) is 56.3 Å². The smallest absolute Gasteiger partial charge is 0.255 e. The highest BCUT2D eigenvalue weighted by Crippen LogP contribution is 2.26. The van der Waals surface area contributed by atoms with Gasteiger partial charge in [0, 0.05) is 43.8 Å². The summed E-state index contributed by atoms with van der Waals surface area (Å²) in [5.41, 5.74) is 1.85. The van der Waals surface area contributed by atoms with E-state index in [9.17, 15) is 9.59 Å². The van der Waals surface area contributed by atoms with Crippen LogP contribution in [0.3, 0.4) is 0 Å². The van der Waals surface area contributed by atoms with E-state index in [2.05, 4.69) is 16.3 Å². The molecule has 2 aliphatic rings. The van der Waals surface area contributed by atoms with Gasteiger partial charge >= 0.3 is 0 Å². The maximum atomic E-state index is 12.9. The van der Waals surface area contributed by atoms with Crippen LogP contribution in [0.4, 0.5) is 5.69 Å². The molecule has 1 atom stereocenters. The minimum absolute atomic E-state index is 0.0758. The largest absolute Gasteiger partial charge is 0.371 e. The first-order valence-electron chi connectivity index (χ1n) is 10.0. The number of likely N-dealkylation sites (tertiary alicyclic amines) is 1. The number of para-hydroxylation sites is 1. The fraction of sp³-hybridized carbons (Fsp3) is 0.619. The Bertz CT molecular complexity index is 632. The van der Waals surface area contributed by atoms with Gasteiger partial charge in [0.05, 0.1) is 5.56 Å². The Morgan fingerprint density at radius 1 is 1.12 bits per heavy atom. The quantitative estimate of drug-likeness (QED) is 0.881. The summed E-state index contributed by atoms with van der Waals surface area (Å²) >= 11 is 0. The summed E-state index contributed by atoms with van der Waals surface area (Å²) in [6, 6.07) is 8.21. The van der Waals surface area contributed by atoms with Gasteiger partial charge in [-0.3, -0.25) is 9.59 Å². The molecule has 5 nitrogen and oxygen atoms in total. The van der Waals surface area contributed by atoms with Crippen molar-refractivity contribution in [2.45, 2.75) is 52.0 Å². The number of nitrogens with zero attached hydrogens (tertiary/aromatic N) is 2. The summed E-state index contributed by atoms with van der Waals surface area (Å²) in [7, 11) is 0. The van der Waals surface area contributed by atoms with E-state index in [1.165, 1.54) is 0 Å². The molecule has 1 aromatic rings. The number of benzene rings is 1. The van der Waals surface area contributed by atoms with E-state index < -0.39 is 0 Å². The number of rotatable bonds is 5. The number of nitrogens with one attached hydrogen (secondary N) is 1. The fourth-order valence-electron chi connectivity index (χ4n) is 3.81. The molecule has 1 N–H and O–H groups in total. The molecule has 2 heterocycles. The summed E-state index contributed by atoms with van der Waals surface area (Å²) < 4.78 is 0. The molecular weight excluding hydrogens is 326 g/mol. The molecule has 2 aliphatic heterocycles. The number of piperidine rings is 1. The molecule has 0 bridgehead atoms. The van der Waals surface area contributed by atoms with E-state index in [0.717, 1.165) is 69.5 Å². The van der Waals surface area contributed by atoms with Crippen molar-refractivity contribution in [1.82, 2.24) is 10.2 Å². The number of carbonyl (C=O) groups is 2. The van der Waals surface area contributed by atoms with Crippen LogP contribution in [0.15, 0.2) is 24.3 Å². The van der Waals surface area contributed by atoms with Crippen molar-refractivity contribution in [2.24, 2.45) is 5.92 Å². The predicted molar refractivity (Wildman–Crippen MR) is 104 cm³/mol. The van der Waals surface area contributed by atoms with E-state index in [0.29, 0.717) is 0 Å². The van der Waals surface area contributed by atoms with Crippen molar-refractivity contribution in [1.29, 1.82) is 0 Å². The number of carbonyl (C=O) groups excluding carboxylic acids is 2. The lowest BCUT2D eigenvalue weighted by atomic mass is 10.0. The highest BCUT2D eigenvalue weighted by Gasteiger charge is 2.27. The first-order chi connectivity index (χ1) is 12.6. The van der Waals surface area contributed by atoms with Crippen molar-refractivity contribution >= 4 is 17.5 Å². The number of amides is 2. The second-order valence-corrected chi connectivity index (χ2v) is 7.60. The van der Waals surface area contributed by atoms with Crippen LogP contribution in [-0.2, 0) is 4.79 Å². The van der Waals surface area contributed by atoms with Crippen molar-refractivity contribution < 1.29 is 9.59 Å². The van der Waals surface area contributed by atoms with E-state index in [1.54, 1.807) is 0 Å². The molecule has 142 valence electrons. The summed E-state index contributed by atoms with van der Waals surface area (Å²) in [5, 5.41) is 3.18. The minimum atomic E-state index is 0.0758. The Labute approximate surface area is 156 Å². The Morgan fingerprint density at radius 2 is 1.77 bits per heavy atom. The summed E-state index contributed by atoms with van der Waals surface area (Å²) in [4.78, 5) is 29.3. The Morgan fingerprint density at radius 3 is 2.42 bits per heavy atom. The van der Waals surface area contributed by atoms with E-state index >= 15 is 0 Å². The van der Waals surface area contributed by atoms with Crippen LogP contribution in [0.5, 0.6) is 0 Å². The number of hydrogen-bond acceptors (Lipinski definition) is 3. The van der Waals surface area contributed by atoms with Gasteiger partial charge in [-0.25, -0.2) is 0 Å². The zero-order valence-corrected chi connectivity index (χ0v) is 16.0. The second-order valence-electron chi connectivity index (χ2n) is 7.60. The molecule has 2 fully saturated rings. The van der Waals surface area contributed by atoms with Crippen LogP contribution >= 0.6 is 0 Å². The summed E-state index contributed by atoms with van der Waals surface area (Å²) in [6.07, 6.45) is 4.93. The van der Waals surface area contributed by atoms with Gasteiger partial charge in [0.2, 0.25) is 5.91 Å². The molecule has 0 aliphatic carbocycles. The average molecular weight is 357 g/mol. The minimum Gasteiger partial charge on any atom is -0.371 e. The molecule has 0 radical (unpaired) electrons. The van der Waals surface area contributed by atoms with Crippen LogP contribution in [0.2, 0.25) is 0 Å². The van der Waals surface area contributed by atoms with Gasteiger partial charge in [-0.05, 0) is 44.2 Å². The zero-order valence-electron chi connectivity index (χ0n) is 16.0. The first-order valence-corrected chi connectivity index (χ1v) is 10.0. The predicted octanol–water partition coefficient (Wildman–Crippen LogP) is 3.05. The molecule has 3 rings (SSSR count). The molecule has 2 amide bonds. The lowest BCUT2D eigenvalue weighted by molar-refractivity contribution is -0.125. The second kappa shape index (κ2) is 8.56. The fourth-order valence-corrected chi connectivity index (χ4v) is 3.81. The molecule has 0 saturated carbocycles. The lowest BCUT2D eigenvalue weighted by Gasteiger charge is -2.35. The molecule has 0 aromatic heterocycles. The molecule has 0 unspecified atom stereocenters. The normalized spacial score (nSPS) is 19.5. The first kappa shape index (κ1) is 18.7. The highest BCUT2D eigenvalue weighted by molar-refractivity contribution is 6.00. The Balaban J connectivity index is 1.63. The van der Waals surface area contributed by atoms with Crippen molar-refractivity contribution in [3.8, 4) is 0 Å². The molecule has 5 heteroatoms. The van der Waals surface area contributed by atoms with Crippen LogP contribution in [0, 0.1) is 5.92 Å². The van der Waals surface area contributed by atoms with Crippen molar-refractivity contribution in [2.75, 3.05) is 31.1 Å². The third-order valence-corrected chi connectivity index (χ3v) is 5.77. The van der Waals surface area contributed by atoms with Gasteiger partial charge < -0.3 is 15.1 Å². The lowest BCUT2D eigenvalue weighted by Crippen LogP contribution is -2.46. The van der Waals surface area contributed by atoms with Gasteiger partial charge in [0.15, 0.2) is 0 Å². The molecule has 1 aromatic carbocycles. The summed E-state index contributed by atoms with van der Waals surface area (Å²) in [6.45, 7) is 7.51. The average Bonchev–Trinajstić information content (AvgIpc) is 3.22. The standard InChI is InChI=1S/C21H31N3O2/c1-3-16(2)20(25)22-17-10-14-23(15-11-17)19-9-5-4-8-18(19)21(26)24-12-6-7-13-24/h4-5,8-9,16-17H,3,6-7,10-15H2,1-2H3,(H,22,25)/t16-/m0/s1. The molecule has 2 saturated heterocycles. The monoisotopic (exact) mass is 357 g/mol. The third kappa shape index (κ3) is 4.19. The van der Waals surface area contributed by atoms with E-state index in [1.807, 2.05) is 36.9 Å². The van der Waals surface area contributed by atoms with E-state index in [-0.39, 0.29) is 23.8 Å². The van der Waals surface area contributed by atoms with Gasteiger partial charge in [0.25, 0.3) is 5.91 Å². The molecule has 0 spiro atoms. The number of hydrogen-bond donors (Lipinski definition) is 1. The van der Waals surface area contributed by atoms with Gasteiger partial charge in [-0.15, -0.1) is 0 Å².